The van der Waals surface area contributed by atoms with Crippen LogP contribution in [0.25, 0.3) is 0 Å². The topological polar surface area (TPSA) is 55.9 Å². The van der Waals surface area contributed by atoms with Crippen LogP contribution in [0.5, 0.6) is 0 Å². The van der Waals surface area contributed by atoms with Crippen LogP contribution in [-0.2, 0) is 4.74 Å². The number of carbonyl (C=O) groups is 1. The van der Waals surface area contributed by atoms with Gasteiger partial charge in [0.2, 0.25) is 0 Å². The maximum absolute atomic E-state index is 12.2. The lowest BCUT2D eigenvalue weighted by Crippen LogP contribution is -3.15. The second-order valence-electron chi connectivity index (χ2n) is 5.41. The first-order chi connectivity index (χ1) is 10.8. The van der Waals surface area contributed by atoms with Gasteiger partial charge in [0, 0.05) is 5.56 Å². The van der Waals surface area contributed by atoms with Gasteiger partial charge in [-0.1, -0.05) is 18.2 Å². The number of furan rings is 1. The Morgan fingerprint density at radius 1 is 1.14 bits per heavy atom. The van der Waals surface area contributed by atoms with E-state index in [9.17, 15) is 4.79 Å². The molecule has 3 rings (SSSR count). The van der Waals surface area contributed by atoms with E-state index in [0.717, 1.165) is 32.1 Å². The van der Waals surface area contributed by atoms with Crippen LogP contribution in [0.1, 0.15) is 22.2 Å². The van der Waals surface area contributed by atoms with E-state index in [1.54, 1.807) is 6.26 Å². The number of amides is 1. The van der Waals surface area contributed by atoms with E-state index in [0.29, 0.717) is 12.1 Å². The highest BCUT2D eigenvalue weighted by Gasteiger charge is 2.28. The highest BCUT2D eigenvalue weighted by molar-refractivity contribution is 5.94. The van der Waals surface area contributed by atoms with Crippen LogP contribution in [0.3, 0.4) is 0 Å². The molecular weight excluding hydrogens is 280 g/mol. The molecule has 22 heavy (non-hydrogen) atoms. The summed E-state index contributed by atoms with van der Waals surface area (Å²) in [5.41, 5.74) is 0.678. The molecule has 0 bridgehead atoms. The molecule has 0 radical (unpaired) electrons. The maximum Gasteiger partial charge on any atom is 0.251 e. The van der Waals surface area contributed by atoms with Gasteiger partial charge in [0.25, 0.3) is 5.91 Å². The molecule has 2 heterocycles. The van der Waals surface area contributed by atoms with E-state index < -0.39 is 0 Å². The number of hydrogen-bond acceptors (Lipinski definition) is 3. The van der Waals surface area contributed by atoms with E-state index in [2.05, 4.69) is 5.32 Å². The van der Waals surface area contributed by atoms with E-state index >= 15 is 0 Å². The molecule has 1 aromatic carbocycles. The van der Waals surface area contributed by atoms with Gasteiger partial charge < -0.3 is 19.4 Å². The van der Waals surface area contributed by atoms with Crippen molar-refractivity contribution in [2.75, 3.05) is 32.8 Å². The van der Waals surface area contributed by atoms with Gasteiger partial charge in [-0.15, -0.1) is 0 Å². The molecule has 2 N–H and O–H groups in total. The summed E-state index contributed by atoms with van der Waals surface area (Å²) in [6, 6.07) is 13.3. The summed E-state index contributed by atoms with van der Waals surface area (Å²) in [5, 5.41) is 3.02. The van der Waals surface area contributed by atoms with Gasteiger partial charge in [0.1, 0.15) is 13.1 Å². The first kappa shape index (κ1) is 14.8. The summed E-state index contributed by atoms with van der Waals surface area (Å²) in [5.74, 6) is 0.857. The average Bonchev–Trinajstić information content (AvgIpc) is 3.11. The highest BCUT2D eigenvalue weighted by atomic mass is 16.5. The fourth-order valence-electron chi connectivity index (χ4n) is 2.80. The standard InChI is InChI=1S/C17H20N2O3/c20-17(14-5-2-1-3-6-14)18-13-15(16-7-4-10-22-16)19-8-11-21-12-9-19/h1-7,10,15H,8-9,11-13H2,(H,18,20)/p+1/t15-/m0/s1. The Morgan fingerprint density at radius 2 is 1.91 bits per heavy atom. The van der Waals surface area contributed by atoms with Crippen molar-refractivity contribution in [2.24, 2.45) is 0 Å². The minimum atomic E-state index is -0.0511. The van der Waals surface area contributed by atoms with Gasteiger partial charge in [0.05, 0.1) is 26.0 Å². The van der Waals surface area contributed by atoms with E-state index in [1.807, 2.05) is 42.5 Å². The molecule has 1 aliphatic heterocycles. The predicted molar refractivity (Wildman–Crippen MR) is 81.7 cm³/mol. The van der Waals surface area contributed by atoms with Crippen LogP contribution >= 0.6 is 0 Å². The van der Waals surface area contributed by atoms with Gasteiger partial charge in [-0.25, -0.2) is 0 Å². The Labute approximate surface area is 129 Å². The zero-order valence-electron chi connectivity index (χ0n) is 12.5. The lowest BCUT2D eigenvalue weighted by molar-refractivity contribution is -0.938. The predicted octanol–water partition coefficient (Wildman–Crippen LogP) is 0.666. The third-order valence-electron chi connectivity index (χ3n) is 4.02. The first-order valence-corrected chi connectivity index (χ1v) is 7.63. The number of quaternary nitrogens is 1. The SMILES string of the molecule is O=C(NC[C@@H](c1ccco1)[NH+]1CCOCC1)c1ccccc1. The number of rotatable bonds is 5. The number of morpholine rings is 1. The van der Waals surface area contributed by atoms with Crippen molar-refractivity contribution < 1.29 is 18.8 Å². The van der Waals surface area contributed by atoms with Crippen LogP contribution in [0.2, 0.25) is 0 Å². The van der Waals surface area contributed by atoms with Crippen molar-refractivity contribution in [1.82, 2.24) is 5.32 Å². The van der Waals surface area contributed by atoms with Crippen molar-refractivity contribution in [3.8, 4) is 0 Å². The number of nitrogens with one attached hydrogen (secondary N) is 2. The molecule has 1 atom stereocenters. The molecule has 5 heteroatoms. The summed E-state index contributed by atoms with van der Waals surface area (Å²) >= 11 is 0. The molecule has 1 amide bonds. The lowest BCUT2D eigenvalue weighted by atomic mass is 10.1. The van der Waals surface area contributed by atoms with E-state index in [1.165, 1.54) is 4.90 Å². The van der Waals surface area contributed by atoms with E-state index in [-0.39, 0.29) is 11.9 Å². The Kier molecular flexibility index (Phi) is 4.88. The third-order valence-corrected chi connectivity index (χ3v) is 4.02. The Balaban J connectivity index is 1.66. The molecule has 2 aromatic rings. The Hall–Kier alpha value is -2.11. The molecule has 5 nitrogen and oxygen atoms in total. The number of ether oxygens (including phenoxy) is 1. The van der Waals surface area contributed by atoms with Crippen LogP contribution in [-0.4, -0.2) is 38.8 Å². The van der Waals surface area contributed by atoms with Crippen molar-refractivity contribution in [1.29, 1.82) is 0 Å². The van der Waals surface area contributed by atoms with Crippen LogP contribution in [0, 0.1) is 0 Å². The normalized spacial score (nSPS) is 17.1. The van der Waals surface area contributed by atoms with E-state index in [4.69, 9.17) is 9.15 Å². The minimum absolute atomic E-state index is 0.0511. The largest absolute Gasteiger partial charge is 0.463 e. The van der Waals surface area contributed by atoms with Crippen LogP contribution in [0.15, 0.2) is 53.1 Å². The van der Waals surface area contributed by atoms with Gasteiger partial charge >= 0.3 is 0 Å². The fourth-order valence-corrected chi connectivity index (χ4v) is 2.80. The molecule has 0 unspecified atom stereocenters. The highest BCUT2D eigenvalue weighted by Crippen LogP contribution is 2.10. The molecule has 1 aromatic heterocycles. The summed E-state index contributed by atoms with van der Waals surface area (Å²) in [6.07, 6.45) is 1.68. The monoisotopic (exact) mass is 301 g/mol. The van der Waals surface area contributed by atoms with Crippen molar-refractivity contribution in [2.45, 2.75) is 6.04 Å². The molecule has 0 aliphatic carbocycles. The molecule has 1 saturated heterocycles. The second kappa shape index (κ2) is 7.24. The molecule has 1 aliphatic rings. The molecule has 116 valence electrons. The molecule has 0 spiro atoms. The van der Waals surface area contributed by atoms with Gasteiger partial charge in [-0.05, 0) is 24.3 Å². The van der Waals surface area contributed by atoms with Crippen molar-refractivity contribution in [3.05, 3.63) is 60.1 Å². The number of carbonyl (C=O) groups excluding carboxylic acids is 1. The first-order valence-electron chi connectivity index (χ1n) is 7.63. The van der Waals surface area contributed by atoms with Gasteiger partial charge in [0.15, 0.2) is 11.8 Å². The summed E-state index contributed by atoms with van der Waals surface area (Å²) in [4.78, 5) is 13.6. The Morgan fingerprint density at radius 3 is 2.59 bits per heavy atom. The molecular formula is C17H21N2O3+. The molecule has 0 saturated carbocycles. The minimum Gasteiger partial charge on any atom is -0.463 e. The maximum atomic E-state index is 12.2. The third kappa shape index (κ3) is 3.55. The summed E-state index contributed by atoms with van der Waals surface area (Å²) < 4.78 is 11.0. The van der Waals surface area contributed by atoms with Crippen molar-refractivity contribution in [3.63, 3.8) is 0 Å². The summed E-state index contributed by atoms with van der Waals surface area (Å²) in [6.45, 7) is 3.90. The van der Waals surface area contributed by atoms with Crippen LogP contribution < -0.4 is 10.2 Å². The van der Waals surface area contributed by atoms with Crippen molar-refractivity contribution >= 4 is 5.91 Å². The fraction of sp³-hybridized carbons (Fsp3) is 0.353. The Bertz CT molecular complexity index is 577. The zero-order chi connectivity index (χ0) is 15.2. The number of benzene rings is 1. The smallest absolute Gasteiger partial charge is 0.251 e. The quantitative estimate of drug-likeness (QED) is 0.853. The molecule has 1 fully saturated rings. The van der Waals surface area contributed by atoms with Gasteiger partial charge in [-0.2, -0.15) is 0 Å². The van der Waals surface area contributed by atoms with Crippen LogP contribution in [0.4, 0.5) is 0 Å². The van der Waals surface area contributed by atoms with Gasteiger partial charge in [-0.3, -0.25) is 4.79 Å². The zero-order valence-corrected chi connectivity index (χ0v) is 12.5. The average molecular weight is 301 g/mol. The summed E-state index contributed by atoms with van der Waals surface area (Å²) in [7, 11) is 0. The lowest BCUT2D eigenvalue weighted by Gasteiger charge is -2.30. The number of hydrogen-bond donors (Lipinski definition) is 2. The second-order valence-corrected chi connectivity index (χ2v) is 5.41.